The van der Waals surface area contributed by atoms with Crippen molar-refractivity contribution in [3.8, 4) is 79.0 Å². The third-order valence-corrected chi connectivity index (χ3v) is 12.8. The highest BCUT2D eigenvalue weighted by Gasteiger charge is 2.51. The number of hydrogen-bond donors (Lipinski definition) is 0. The summed E-state index contributed by atoms with van der Waals surface area (Å²) in [5, 5.41) is 2.07. The third-order valence-electron chi connectivity index (χ3n) is 12.8. The van der Waals surface area contributed by atoms with Gasteiger partial charge in [0.05, 0.1) is 5.41 Å². The van der Waals surface area contributed by atoms with Gasteiger partial charge < -0.3 is 9.15 Å². The lowest BCUT2D eigenvalue weighted by molar-refractivity contribution is 0.436. The lowest BCUT2D eigenvalue weighted by atomic mass is 9.66. The molecule has 1 aliphatic heterocycles. The Bertz CT molecular complexity index is 3570. The molecule has 3 heterocycles. The highest BCUT2D eigenvalue weighted by molar-refractivity contribution is 6.16. The van der Waals surface area contributed by atoms with E-state index in [1.54, 1.807) is 0 Å². The van der Waals surface area contributed by atoms with Crippen LogP contribution in [-0.4, -0.2) is 15.0 Å². The maximum atomic E-state index is 6.70. The maximum Gasteiger partial charge on any atom is 0.164 e. The minimum Gasteiger partial charge on any atom is -0.457 e. The molecule has 0 radical (unpaired) electrons. The number of hydrogen-bond acceptors (Lipinski definition) is 5. The van der Waals surface area contributed by atoms with Crippen LogP contribution >= 0.6 is 0 Å². The van der Waals surface area contributed by atoms with E-state index in [0.717, 1.165) is 72.4 Å². The van der Waals surface area contributed by atoms with Gasteiger partial charge in [-0.05, 0) is 93.0 Å². The van der Waals surface area contributed by atoms with Gasteiger partial charge >= 0.3 is 0 Å². The second kappa shape index (κ2) is 13.8. The summed E-state index contributed by atoms with van der Waals surface area (Å²) in [7, 11) is 0. The molecule has 0 fully saturated rings. The van der Waals surface area contributed by atoms with Crippen molar-refractivity contribution in [1.29, 1.82) is 0 Å². The molecule has 2 aromatic heterocycles. The Morgan fingerprint density at radius 3 is 1.51 bits per heavy atom. The Morgan fingerprint density at radius 1 is 0.333 bits per heavy atom. The first-order valence-electron chi connectivity index (χ1n) is 21.3. The third kappa shape index (κ3) is 5.40. The molecular weight excluding hydrogens is 771 g/mol. The number of para-hydroxylation sites is 2. The maximum absolute atomic E-state index is 6.70. The standard InChI is InChI=1S/C58H35N3O2/c1-3-15-36(16-4-1)38-19-13-20-39(33-38)40-21-14-22-41(34-40)56-59-55(37-17-5-2-6-18-37)60-57(61-56)42-29-31-49-44(35-42)54-52(62-49)32-30-48-53(54)43-23-7-8-24-45(43)58(48)46-25-9-11-27-50(46)63-51-28-12-10-26-47(51)58/h1-35H. The van der Waals surface area contributed by atoms with Gasteiger partial charge in [0.1, 0.15) is 22.7 Å². The molecule has 2 aliphatic rings. The summed E-state index contributed by atoms with van der Waals surface area (Å²) < 4.78 is 13.3. The van der Waals surface area contributed by atoms with E-state index in [1.807, 2.05) is 48.5 Å². The van der Waals surface area contributed by atoms with Crippen LogP contribution in [0.3, 0.4) is 0 Å². The Balaban J connectivity index is 1.00. The highest BCUT2D eigenvalue weighted by Crippen LogP contribution is 2.63. The lowest BCUT2D eigenvalue weighted by Gasteiger charge is -2.39. The second-order valence-electron chi connectivity index (χ2n) is 16.3. The number of benzene rings is 9. The van der Waals surface area contributed by atoms with Gasteiger partial charge in [0, 0.05) is 38.6 Å². The van der Waals surface area contributed by atoms with Gasteiger partial charge in [0.2, 0.25) is 0 Å². The van der Waals surface area contributed by atoms with Crippen LogP contribution in [0.15, 0.2) is 217 Å². The van der Waals surface area contributed by atoms with E-state index in [-0.39, 0.29) is 0 Å². The number of nitrogens with zero attached hydrogens (tertiary/aromatic N) is 3. The predicted octanol–water partition coefficient (Wildman–Crippen LogP) is 14.6. The van der Waals surface area contributed by atoms with E-state index in [9.17, 15) is 0 Å². The first-order chi connectivity index (χ1) is 31.2. The molecule has 0 saturated carbocycles. The number of furan rings is 1. The summed E-state index contributed by atoms with van der Waals surface area (Å²) in [5.74, 6) is 3.53. The van der Waals surface area contributed by atoms with E-state index in [1.165, 1.54) is 33.4 Å². The van der Waals surface area contributed by atoms with Crippen molar-refractivity contribution >= 4 is 21.9 Å². The van der Waals surface area contributed by atoms with Crippen molar-refractivity contribution in [2.75, 3.05) is 0 Å². The van der Waals surface area contributed by atoms with Crippen LogP contribution in [0.25, 0.3) is 89.5 Å². The SMILES string of the molecule is c1ccc(-c2cccc(-c3cccc(-c4nc(-c5ccccc5)nc(-c5ccc6oc7ccc8c(c7c6c5)-c5ccccc5C85c6ccccc6Oc6ccccc65)n4)c3)c2)cc1. The van der Waals surface area contributed by atoms with Crippen LogP contribution in [0.2, 0.25) is 0 Å². The molecule has 0 atom stereocenters. The molecule has 0 N–H and O–H groups in total. The van der Waals surface area contributed by atoms with Crippen molar-refractivity contribution in [3.63, 3.8) is 0 Å². The van der Waals surface area contributed by atoms with Gasteiger partial charge in [0.15, 0.2) is 17.5 Å². The average Bonchev–Trinajstić information content (AvgIpc) is 3.88. The fourth-order valence-corrected chi connectivity index (χ4v) is 10.0. The van der Waals surface area contributed by atoms with Crippen molar-refractivity contribution in [2.24, 2.45) is 0 Å². The van der Waals surface area contributed by atoms with E-state index < -0.39 is 5.41 Å². The summed E-state index contributed by atoms with van der Waals surface area (Å²) in [6.07, 6.45) is 0. The van der Waals surface area contributed by atoms with Gasteiger partial charge in [-0.25, -0.2) is 15.0 Å². The molecule has 9 aromatic carbocycles. The zero-order valence-electron chi connectivity index (χ0n) is 33.9. The topological polar surface area (TPSA) is 61.0 Å². The van der Waals surface area contributed by atoms with Gasteiger partial charge in [-0.2, -0.15) is 0 Å². The summed E-state index contributed by atoms with van der Waals surface area (Å²) in [5.41, 5.74) is 15.3. The molecule has 0 bridgehead atoms. The normalized spacial score (nSPS) is 13.0. The summed E-state index contributed by atoms with van der Waals surface area (Å²) >= 11 is 0. The number of fused-ring (bicyclic) bond motifs is 13. The summed E-state index contributed by atoms with van der Waals surface area (Å²) in [6, 6.07) is 74.2. The molecule has 294 valence electrons. The molecule has 1 aliphatic carbocycles. The van der Waals surface area contributed by atoms with Crippen LogP contribution in [0.5, 0.6) is 11.5 Å². The van der Waals surface area contributed by atoms with Crippen molar-refractivity contribution < 1.29 is 9.15 Å². The van der Waals surface area contributed by atoms with Crippen LogP contribution in [0.1, 0.15) is 22.3 Å². The molecule has 11 aromatic rings. The van der Waals surface area contributed by atoms with E-state index in [2.05, 4.69) is 164 Å². The van der Waals surface area contributed by atoms with Gasteiger partial charge in [-0.3, -0.25) is 0 Å². The molecule has 0 unspecified atom stereocenters. The molecule has 1 spiro atoms. The average molecular weight is 806 g/mol. The zero-order valence-corrected chi connectivity index (χ0v) is 33.9. The fraction of sp³-hybridized carbons (Fsp3) is 0.0172. The van der Waals surface area contributed by atoms with Crippen molar-refractivity contribution in [3.05, 3.63) is 235 Å². The fourth-order valence-electron chi connectivity index (χ4n) is 10.0. The number of aromatic nitrogens is 3. The Hall–Kier alpha value is -8.41. The van der Waals surface area contributed by atoms with Gasteiger partial charge in [-0.1, -0.05) is 164 Å². The predicted molar refractivity (Wildman–Crippen MR) is 252 cm³/mol. The number of ether oxygens (including phenoxy) is 1. The molecule has 13 rings (SSSR count). The van der Waals surface area contributed by atoms with Crippen LogP contribution < -0.4 is 4.74 Å². The molecule has 5 nitrogen and oxygen atoms in total. The van der Waals surface area contributed by atoms with Gasteiger partial charge in [0.25, 0.3) is 0 Å². The quantitative estimate of drug-likeness (QED) is 0.173. The van der Waals surface area contributed by atoms with Gasteiger partial charge in [-0.15, -0.1) is 0 Å². The van der Waals surface area contributed by atoms with Crippen LogP contribution in [-0.2, 0) is 5.41 Å². The number of rotatable bonds is 5. The van der Waals surface area contributed by atoms with Crippen molar-refractivity contribution in [2.45, 2.75) is 5.41 Å². The smallest absolute Gasteiger partial charge is 0.164 e. The minimum atomic E-state index is -0.585. The Morgan fingerprint density at radius 2 is 0.825 bits per heavy atom. The van der Waals surface area contributed by atoms with Crippen molar-refractivity contribution in [1.82, 2.24) is 15.0 Å². The monoisotopic (exact) mass is 805 g/mol. The van der Waals surface area contributed by atoms with E-state index in [0.29, 0.717) is 17.5 Å². The molecule has 63 heavy (non-hydrogen) atoms. The Labute approximate surface area is 363 Å². The van der Waals surface area contributed by atoms with E-state index >= 15 is 0 Å². The highest BCUT2D eigenvalue weighted by atomic mass is 16.5. The minimum absolute atomic E-state index is 0.585. The zero-order chi connectivity index (χ0) is 41.5. The van der Waals surface area contributed by atoms with E-state index in [4.69, 9.17) is 24.1 Å². The molecule has 0 saturated heterocycles. The molecular formula is C58H35N3O2. The first kappa shape index (κ1) is 35.4. The summed E-state index contributed by atoms with van der Waals surface area (Å²) in [6.45, 7) is 0. The van der Waals surface area contributed by atoms with Crippen LogP contribution in [0, 0.1) is 0 Å². The second-order valence-corrected chi connectivity index (χ2v) is 16.3. The largest absolute Gasteiger partial charge is 0.457 e. The lowest BCUT2D eigenvalue weighted by Crippen LogP contribution is -2.32. The van der Waals surface area contributed by atoms with Crippen LogP contribution in [0.4, 0.5) is 0 Å². The summed E-state index contributed by atoms with van der Waals surface area (Å²) in [4.78, 5) is 15.5. The Kier molecular flexibility index (Phi) is 7.75. The first-order valence-corrected chi connectivity index (χ1v) is 21.3. The molecule has 0 amide bonds. The molecule has 5 heteroatoms.